The molecule has 0 fully saturated rings. The van der Waals surface area contributed by atoms with Crippen molar-refractivity contribution in [3.63, 3.8) is 0 Å². The number of carbonyl (C=O) groups is 1. The number of methoxy groups -OCH3 is 2. The minimum absolute atomic E-state index is 0.123. The van der Waals surface area contributed by atoms with Gasteiger partial charge >= 0.3 is 0 Å². The van der Waals surface area contributed by atoms with E-state index in [2.05, 4.69) is 10.3 Å². The highest BCUT2D eigenvalue weighted by atomic mass is 32.1. The van der Waals surface area contributed by atoms with Crippen molar-refractivity contribution >= 4 is 33.3 Å². The fourth-order valence-corrected chi connectivity index (χ4v) is 3.88. The van der Waals surface area contributed by atoms with Crippen molar-refractivity contribution in [3.05, 3.63) is 59.0 Å². The molecule has 0 atom stereocenters. The molecule has 1 amide bonds. The molecular formula is C22H20N2O4S. The molecule has 7 heteroatoms. The summed E-state index contributed by atoms with van der Waals surface area (Å²) in [4.78, 5) is 16.9. The van der Waals surface area contributed by atoms with E-state index in [0.29, 0.717) is 27.9 Å². The molecule has 148 valence electrons. The van der Waals surface area contributed by atoms with Crippen LogP contribution in [0, 0.1) is 6.92 Å². The largest absolute Gasteiger partial charge is 0.496 e. The molecule has 0 saturated carbocycles. The smallest absolute Gasteiger partial charge is 0.230 e. The van der Waals surface area contributed by atoms with Gasteiger partial charge < -0.3 is 19.2 Å². The highest BCUT2D eigenvalue weighted by Gasteiger charge is 2.14. The Morgan fingerprint density at radius 1 is 1.14 bits per heavy atom. The van der Waals surface area contributed by atoms with E-state index in [1.807, 2.05) is 54.8 Å². The van der Waals surface area contributed by atoms with Gasteiger partial charge in [0.2, 0.25) is 5.91 Å². The number of anilines is 1. The van der Waals surface area contributed by atoms with Crippen LogP contribution in [0.4, 0.5) is 5.13 Å². The monoisotopic (exact) mass is 408 g/mol. The number of hydrogen-bond acceptors (Lipinski definition) is 6. The first kappa shape index (κ1) is 19.0. The number of benzene rings is 2. The van der Waals surface area contributed by atoms with E-state index >= 15 is 0 Å². The van der Waals surface area contributed by atoms with Crippen LogP contribution in [-0.4, -0.2) is 25.1 Å². The zero-order valence-electron chi connectivity index (χ0n) is 16.3. The number of carbonyl (C=O) groups excluding carboxylic acids is 1. The molecular weight excluding hydrogens is 388 g/mol. The molecule has 6 nitrogen and oxygen atoms in total. The number of furan rings is 1. The Labute approximate surface area is 172 Å². The molecule has 29 heavy (non-hydrogen) atoms. The maximum Gasteiger partial charge on any atom is 0.230 e. The topological polar surface area (TPSA) is 73.6 Å². The van der Waals surface area contributed by atoms with Crippen LogP contribution in [0.15, 0.2) is 52.3 Å². The third-order valence-electron chi connectivity index (χ3n) is 4.55. The predicted octanol–water partition coefficient (Wildman–Crippen LogP) is 5.06. The average Bonchev–Trinajstić information content (AvgIpc) is 3.34. The quantitative estimate of drug-likeness (QED) is 0.483. The van der Waals surface area contributed by atoms with Gasteiger partial charge in [-0.15, -0.1) is 11.3 Å². The fourth-order valence-electron chi connectivity index (χ4n) is 3.17. The highest BCUT2D eigenvalue weighted by molar-refractivity contribution is 7.14. The van der Waals surface area contributed by atoms with Gasteiger partial charge in [-0.1, -0.05) is 24.3 Å². The van der Waals surface area contributed by atoms with Crippen LogP contribution >= 0.6 is 11.3 Å². The number of hydrogen-bond donors (Lipinski definition) is 1. The van der Waals surface area contributed by atoms with Crippen molar-refractivity contribution in [1.29, 1.82) is 0 Å². The summed E-state index contributed by atoms with van der Waals surface area (Å²) >= 11 is 1.36. The minimum atomic E-state index is -0.123. The Bertz CT molecular complexity index is 1180. The third-order valence-corrected chi connectivity index (χ3v) is 5.31. The van der Waals surface area contributed by atoms with Crippen LogP contribution in [0.1, 0.15) is 11.1 Å². The first-order chi connectivity index (χ1) is 14.1. The standard InChI is InChI=1S/C22H20N2O4S/c1-13-9-14(7-8-17(13)26-2)10-20(25)24-22-23-16(12-29-22)19-11-15-5-4-6-18(27-3)21(15)28-19/h4-9,11-12H,10H2,1-3H3,(H,23,24,25). The van der Waals surface area contributed by atoms with Crippen molar-refractivity contribution in [3.8, 4) is 23.0 Å². The molecule has 0 unspecified atom stereocenters. The van der Waals surface area contributed by atoms with Crippen molar-refractivity contribution < 1.29 is 18.7 Å². The van der Waals surface area contributed by atoms with E-state index in [9.17, 15) is 4.79 Å². The van der Waals surface area contributed by atoms with Crippen LogP contribution < -0.4 is 14.8 Å². The highest BCUT2D eigenvalue weighted by Crippen LogP contribution is 2.34. The van der Waals surface area contributed by atoms with E-state index in [1.165, 1.54) is 11.3 Å². The number of nitrogens with one attached hydrogen (secondary N) is 1. The summed E-state index contributed by atoms with van der Waals surface area (Å²) in [7, 11) is 3.24. The van der Waals surface area contributed by atoms with Crippen molar-refractivity contribution in [2.24, 2.45) is 0 Å². The molecule has 0 saturated heterocycles. The van der Waals surface area contributed by atoms with Crippen molar-refractivity contribution in [1.82, 2.24) is 4.98 Å². The number of ether oxygens (including phenoxy) is 2. The van der Waals surface area contributed by atoms with E-state index in [4.69, 9.17) is 13.9 Å². The first-order valence-corrected chi connectivity index (χ1v) is 9.91. The summed E-state index contributed by atoms with van der Waals surface area (Å²) in [5.41, 5.74) is 3.26. The minimum Gasteiger partial charge on any atom is -0.496 e. The average molecular weight is 408 g/mol. The number of aromatic nitrogens is 1. The molecule has 1 N–H and O–H groups in total. The Balaban J connectivity index is 1.48. The summed E-state index contributed by atoms with van der Waals surface area (Å²) in [6, 6.07) is 13.3. The second kappa shape index (κ2) is 7.97. The number of aryl methyl sites for hydroxylation is 1. The Morgan fingerprint density at radius 2 is 1.97 bits per heavy atom. The van der Waals surface area contributed by atoms with Crippen LogP contribution in [-0.2, 0) is 11.2 Å². The normalized spacial score (nSPS) is 10.9. The fraction of sp³-hybridized carbons (Fsp3) is 0.182. The van der Waals surface area contributed by atoms with Gasteiger partial charge in [0.25, 0.3) is 0 Å². The lowest BCUT2D eigenvalue weighted by Gasteiger charge is -2.07. The molecule has 0 spiro atoms. The van der Waals surface area contributed by atoms with E-state index in [0.717, 1.165) is 22.3 Å². The molecule has 2 aromatic heterocycles. The van der Waals surface area contributed by atoms with E-state index < -0.39 is 0 Å². The van der Waals surface area contributed by atoms with Crippen LogP contribution in [0.25, 0.3) is 22.4 Å². The third kappa shape index (κ3) is 3.95. The Hall–Kier alpha value is -3.32. The maximum absolute atomic E-state index is 12.4. The number of thiazole rings is 1. The number of nitrogens with zero attached hydrogens (tertiary/aromatic N) is 1. The number of rotatable bonds is 6. The Morgan fingerprint density at radius 3 is 2.72 bits per heavy atom. The van der Waals surface area contributed by atoms with Gasteiger partial charge in [0, 0.05) is 10.8 Å². The summed E-state index contributed by atoms with van der Waals surface area (Å²) in [6.45, 7) is 1.95. The van der Waals surface area contributed by atoms with Gasteiger partial charge in [-0.25, -0.2) is 4.98 Å². The van der Waals surface area contributed by atoms with Crippen molar-refractivity contribution in [2.75, 3.05) is 19.5 Å². The van der Waals surface area contributed by atoms with Gasteiger partial charge in [0.05, 0.1) is 20.6 Å². The second-order valence-corrected chi connectivity index (χ2v) is 7.41. The zero-order chi connectivity index (χ0) is 20.4. The molecule has 2 heterocycles. The SMILES string of the molecule is COc1ccc(CC(=O)Nc2nc(-c3cc4cccc(OC)c4o3)cs2)cc1C. The molecule has 0 aliphatic heterocycles. The zero-order valence-corrected chi connectivity index (χ0v) is 17.1. The lowest BCUT2D eigenvalue weighted by Crippen LogP contribution is -2.14. The van der Waals surface area contributed by atoms with Crippen LogP contribution in [0.3, 0.4) is 0 Å². The van der Waals surface area contributed by atoms with Gasteiger partial charge in [-0.3, -0.25) is 4.79 Å². The maximum atomic E-state index is 12.4. The van der Waals surface area contributed by atoms with Gasteiger partial charge in [-0.05, 0) is 36.2 Å². The number of amides is 1. The lowest BCUT2D eigenvalue weighted by molar-refractivity contribution is -0.115. The lowest BCUT2D eigenvalue weighted by atomic mass is 10.1. The molecule has 0 aliphatic rings. The molecule has 4 rings (SSSR count). The molecule has 0 aliphatic carbocycles. The van der Waals surface area contributed by atoms with Crippen molar-refractivity contribution in [2.45, 2.75) is 13.3 Å². The summed E-state index contributed by atoms with van der Waals surface area (Å²) < 4.78 is 16.5. The molecule has 2 aromatic carbocycles. The van der Waals surface area contributed by atoms with E-state index in [1.54, 1.807) is 14.2 Å². The molecule has 0 radical (unpaired) electrons. The van der Waals surface area contributed by atoms with Gasteiger partial charge in [0.15, 0.2) is 22.2 Å². The first-order valence-electron chi connectivity index (χ1n) is 9.03. The summed E-state index contributed by atoms with van der Waals surface area (Å²) in [5.74, 6) is 1.99. The summed E-state index contributed by atoms with van der Waals surface area (Å²) in [5, 5.41) is 6.18. The second-order valence-electron chi connectivity index (χ2n) is 6.56. The summed E-state index contributed by atoms with van der Waals surface area (Å²) in [6.07, 6.45) is 0.265. The predicted molar refractivity (Wildman–Crippen MR) is 114 cm³/mol. The van der Waals surface area contributed by atoms with Crippen LogP contribution in [0.2, 0.25) is 0 Å². The van der Waals surface area contributed by atoms with Crippen LogP contribution in [0.5, 0.6) is 11.5 Å². The Kier molecular flexibility index (Phi) is 5.22. The van der Waals surface area contributed by atoms with Gasteiger partial charge in [-0.2, -0.15) is 0 Å². The number of fused-ring (bicyclic) bond motifs is 1. The van der Waals surface area contributed by atoms with Gasteiger partial charge in [0.1, 0.15) is 11.4 Å². The van der Waals surface area contributed by atoms with E-state index in [-0.39, 0.29) is 12.3 Å². The molecule has 4 aromatic rings. The number of para-hydroxylation sites is 1. The molecule has 0 bridgehead atoms.